The number of rotatable bonds is 6. The lowest BCUT2D eigenvalue weighted by Gasteiger charge is -2.10. The molecule has 2 aromatic heterocycles. The lowest BCUT2D eigenvalue weighted by molar-refractivity contribution is 0.330. The quantitative estimate of drug-likeness (QED) is 0.533. The number of hydrogen-bond donors (Lipinski definition) is 1. The number of fused-ring (bicyclic) bond motifs is 1. The highest BCUT2D eigenvalue weighted by Crippen LogP contribution is 2.24. The maximum atomic E-state index is 13.2. The Bertz CT molecular complexity index is 1140. The van der Waals surface area contributed by atoms with Gasteiger partial charge < -0.3 is 10.1 Å². The van der Waals surface area contributed by atoms with Gasteiger partial charge in [-0.15, -0.1) is 10.2 Å². The van der Waals surface area contributed by atoms with Crippen molar-refractivity contribution < 1.29 is 13.5 Å². The molecule has 0 atom stereocenters. The maximum absolute atomic E-state index is 13.2. The highest BCUT2D eigenvalue weighted by molar-refractivity contribution is 5.78. The van der Waals surface area contributed by atoms with E-state index in [1.165, 1.54) is 24.3 Å². The molecule has 7 nitrogen and oxygen atoms in total. The van der Waals surface area contributed by atoms with Gasteiger partial charge in [-0.1, -0.05) is 12.1 Å². The fourth-order valence-electron chi connectivity index (χ4n) is 2.63. The fraction of sp³-hybridized carbons (Fsp3) is 0.150. The van der Waals surface area contributed by atoms with Gasteiger partial charge in [0.05, 0.1) is 6.61 Å². The number of aromatic nitrogens is 5. The lowest BCUT2D eigenvalue weighted by atomic mass is 10.2. The molecule has 0 bridgehead atoms. The molecule has 29 heavy (non-hydrogen) atoms. The van der Waals surface area contributed by atoms with Gasteiger partial charge in [0.2, 0.25) is 17.5 Å². The molecule has 0 fully saturated rings. The van der Waals surface area contributed by atoms with E-state index in [4.69, 9.17) is 4.74 Å². The molecule has 2 heterocycles. The van der Waals surface area contributed by atoms with Crippen LogP contribution in [0.5, 0.6) is 5.88 Å². The molecule has 4 aromatic rings. The van der Waals surface area contributed by atoms with Crippen molar-refractivity contribution in [1.82, 2.24) is 25.1 Å². The molecule has 0 aliphatic heterocycles. The third-order valence-electron chi connectivity index (χ3n) is 4.04. The molecule has 0 radical (unpaired) electrons. The van der Waals surface area contributed by atoms with Gasteiger partial charge in [-0.05, 0) is 48.9 Å². The molecular formula is C20H16F2N6O. The zero-order chi connectivity index (χ0) is 20.2. The highest BCUT2D eigenvalue weighted by Gasteiger charge is 2.14. The van der Waals surface area contributed by atoms with Crippen LogP contribution in [0.2, 0.25) is 0 Å². The van der Waals surface area contributed by atoms with Crippen molar-refractivity contribution in [2.75, 3.05) is 11.9 Å². The second-order valence-corrected chi connectivity index (χ2v) is 6.08. The Hall–Kier alpha value is -3.75. The smallest absolute Gasteiger partial charge is 0.247 e. The third-order valence-corrected chi connectivity index (χ3v) is 4.04. The summed E-state index contributed by atoms with van der Waals surface area (Å²) in [5.41, 5.74) is 2.09. The van der Waals surface area contributed by atoms with Gasteiger partial charge in [-0.25, -0.2) is 13.8 Å². The first-order valence-corrected chi connectivity index (χ1v) is 8.92. The highest BCUT2D eigenvalue weighted by atomic mass is 19.1. The molecule has 9 heteroatoms. The minimum absolute atomic E-state index is 0.260. The Morgan fingerprint density at radius 2 is 1.55 bits per heavy atom. The summed E-state index contributed by atoms with van der Waals surface area (Å²) in [6.07, 6.45) is 0. The zero-order valence-corrected chi connectivity index (χ0v) is 15.4. The van der Waals surface area contributed by atoms with Gasteiger partial charge >= 0.3 is 0 Å². The van der Waals surface area contributed by atoms with Crippen molar-refractivity contribution in [2.45, 2.75) is 13.5 Å². The van der Waals surface area contributed by atoms with Crippen LogP contribution < -0.4 is 10.1 Å². The summed E-state index contributed by atoms with van der Waals surface area (Å²) in [5, 5.41) is 11.3. The standard InChI is InChI=1S/C20H16F2N6O/c1-2-29-19-16-18(28-27-17(24-16)13-5-9-15(22)10-6-13)25-20(26-19)23-11-12-3-7-14(21)8-4-12/h3-10H,2,11H2,1H3,(H,23,25,26,28). The number of hydrogen-bond acceptors (Lipinski definition) is 7. The molecule has 0 unspecified atom stereocenters. The second kappa shape index (κ2) is 8.09. The van der Waals surface area contributed by atoms with Crippen LogP contribution in [0.25, 0.3) is 22.6 Å². The van der Waals surface area contributed by atoms with Gasteiger partial charge in [0.15, 0.2) is 11.3 Å². The van der Waals surface area contributed by atoms with Crippen molar-refractivity contribution in [3.8, 4) is 17.3 Å². The molecular weight excluding hydrogens is 378 g/mol. The van der Waals surface area contributed by atoms with E-state index in [1.54, 1.807) is 24.3 Å². The molecule has 0 amide bonds. The van der Waals surface area contributed by atoms with Gasteiger partial charge in [0, 0.05) is 12.1 Å². The fourth-order valence-corrected chi connectivity index (χ4v) is 2.63. The Balaban J connectivity index is 1.66. The van der Waals surface area contributed by atoms with Crippen LogP contribution in [0.15, 0.2) is 48.5 Å². The topological polar surface area (TPSA) is 85.7 Å². The molecule has 0 aliphatic rings. The monoisotopic (exact) mass is 394 g/mol. The molecule has 0 saturated heterocycles. The molecule has 146 valence electrons. The van der Waals surface area contributed by atoms with Crippen molar-refractivity contribution in [3.05, 3.63) is 65.7 Å². The van der Waals surface area contributed by atoms with E-state index in [2.05, 4.69) is 30.5 Å². The predicted octanol–water partition coefficient (Wildman–Crippen LogP) is 3.77. The SMILES string of the molecule is CCOc1nc(NCc2ccc(F)cc2)nc2nnc(-c3ccc(F)cc3)nc12. The summed E-state index contributed by atoms with van der Waals surface area (Å²) in [6, 6.07) is 11.9. The van der Waals surface area contributed by atoms with Crippen LogP contribution in [-0.2, 0) is 6.54 Å². The predicted molar refractivity (Wildman–Crippen MR) is 103 cm³/mol. The Morgan fingerprint density at radius 1 is 0.862 bits per heavy atom. The molecule has 1 N–H and O–H groups in total. The average Bonchev–Trinajstić information content (AvgIpc) is 2.74. The van der Waals surface area contributed by atoms with Crippen LogP contribution in [0.4, 0.5) is 14.7 Å². The summed E-state index contributed by atoms with van der Waals surface area (Å²) < 4.78 is 31.8. The lowest BCUT2D eigenvalue weighted by Crippen LogP contribution is -2.08. The third kappa shape index (κ3) is 4.23. The molecule has 2 aromatic carbocycles. The number of ether oxygens (including phenoxy) is 1. The molecule has 0 saturated carbocycles. The van der Waals surface area contributed by atoms with Crippen LogP contribution in [-0.4, -0.2) is 31.8 Å². The van der Waals surface area contributed by atoms with Crippen LogP contribution >= 0.6 is 0 Å². The van der Waals surface area contributed by atoms with Crippen molar-refractivity contribution >= 4 is 17.1 Å². The van der Waals surface area contributed by atoms with Gasteiger partial charge in [0.25, 0.3) is 0 Å². The normalized spacial score (nSPS) is 10.9. The van der Waals surface area contributed by atoms with Crippen LogP contribution in [0.1, 0.15) is 12.5 Å². The van der Waals surface area contributed by atoms with E-state index in [0.717, 1.165) is 5.56 Å². The summed E-state index contributed by atoms with van der Waals surface area (Å²) in [4.78, 5) is 13.1. The number of benzene rings is 2. The molecule has 0 spiro atoms. The van der Waals surface area contributed by atoms with Crippen LogP contribution in [0.3, 0.4) is 0 Å². The number of nitrogens with one attached hydrogen (secondary N) is 1. The minimum atomic E-state index is -0.349. The molecule has 4 rings (SSSR count). The maximum Gasteiger partial charge on any atom is 0.247 e. The zero-order valence-electron chi connectivity index (χ0n) is 15.4. The van der Waals surface area contributed by atoms with Crippen molar-refractivity contribution in [1.29, 1.82) is 0 Å². The van der Waals surface area contributed by atoms with E-state index >= 15 is 0 Å². The van der Waals surface area contributed by atoms with E-state index in [9.17, 15) is 8.78 Å². The summed E-state index contributed by atoms with van der Waals surface area (Å²) in [5.74, 6) is 0.215. The molecule has 0 aliphatic carbocycles. The van der Waals surface area contributed by atoms with E-state index in [0.29, 0.717) is 30.1 Å². The summed E-state index contributed by atoms with van der Waals surface area (Å²) in [7, 11) is 0. The Labute approximate surface area is 164 Å². The first-order chi connectivity index (χ1) is 14.1. The van der Waals surface area contributed by atoms with Crippen molar-refractivity contribution in [3.63, 3.8) is 0 Å². The van der Waals surface area contributed by atoms with E-state index in [-0.39, 0.29) is 29.1 Å². The van der Waals surface area contributed by atoms with Gasteiger partial charge in [-0.2, -0.15) is 9.97 Å². The van der Waals surface area contributed by atoms with E-state index in [1.807, 2.05) is 6.92 Å². The van der Waals surface area contributed by atoms with Gasteiger partial charge in [0.1, 0.15) is 11.6 Å². The van der Waals surface area contributed by atoms with Crippen molar-refractivity contribution in [2.24, 2.45) is 0 Å². The summed E-state index contributed by atoms with van der Waals surface area (Å²) >= 11 is 0. The number of anilines is 1. The van der Waals surface area contributed by atoms with Crippen LogP contribution in [0, 0.1) is 11.6 Å². The van der Waals surface area contributed by atoms with E-state index < -0.39 is 0 Å². The average molecular weight is 394 g/mol. The number of nitrogens with zero attached hydrogens (tertiary/aromatic N) is 5. The summed E-state index contributed by atoms with van der Waals surface area (Å²) in [6.45, 7) is 2.60. The Morgan fingerprint density at radius 3 is 2.24 bits per heavy atom. The largest absolute Gasteiger partial charge is 0.476 e. The number of halogens is 2. The first kappa shape index (κ1) is 18.6. The second-order valence-electron chi connectivity index (χ2n) is 6.08. The van der Waals surface area contributed by atoms with Gasteiger partial charge in [-0.3, -0.25) is 0 Å². The Kier molecular flexibility index (Phi) is 5.19. The first-order valence-electron chi connectivity index (χ1n) is 8.92. The minimum Gasteiger partial charge on any atom is -0.476 e.